The highest BCUT2D eigenvalue weighted by Gasteiger charge is 2.14. The van der Waals surface area contributed by atoms with Gasteiger partial charge in [-0.3, -0.25) is 4.79 Å². The number of nitrogens with zero attached hydrogens (tertiary/aromatic N) is 2. The maximum Gasteiger partial charge on any atom is 0.257 e. The first-order valence-corrected chi connectivity index (χ1v) is 7.17. The van der Waals surface area contributed by atoms with Crippen LogP contribution in [0.15, 0.2) is 30.5 Å². The summed E-state index contributed by atoms with van der Waals surface area (Å²) in [5.74, 6) is 1.57. The van der Waals surface area contributed by atoms with Crippen molar-refractivity contribution in [1.82, 2.24) is 9.78 Å². The predicted molar refractivity (Wildman–Crippen MR) is 84.7 cm³/mol. The van der Waals surface area contributed by atoms with Gasteiger partial charge in [-0.2, -0.15) is 5.10 Å². The van der Waals surface area contributed by atoms with Crippen LogP contribution >= 0.6 is 0 Å². The summed E-state index contributed by atoms with van der Waals surface area (Å²) in [5, 5.41) is 7.13. The number of nitrogens with one attached hydrogen (secondary N) is 1. The molecule has 22 heavy (non-hydrogen) atoms. The lowest BCUT2D eigenvalue weighted by Gasteiger charge is -2.14. The summed E-state index contributed by atoms with van der Waals surface area (Å²) in [6.07, 6.45) is 2.60. The molecule has 0 spiro atoms. The number of hydrogen-bond acceptors (Lipinski definition) is 4. The Kier molecular flexibility index (Phi) is 5.04. The van der Waals surface area contributed by atoms with E-state index in [9.17, 15) is 4.79 Å². The van der Waals surface area contributed by atoms with Crippen molar-refractivity contribution in [3.05, 3.63) is 36.0 Å². The van der Waals surface area contributed by atoms with Gasteiger partial charge in [0.05, 0.1) is 26.5 Å². The van der Waals surface area contributed by atoms with E-state index in [2.05, 4.69) is 24.3 Å². The van der Waals surface area contributed by atoms with Crippen LogP contribution in [0.1, 0.15) is 36.7 Å². The second-order valence-electron chi connectivity index (χ2n) is 4.97. The van der Waals surface area contributed by atoms with Gasteiger partial charge < -0.3 is 14.8 Å². The Labute approximate surface area is 130 Å². The van der Waals surface area contributed by atoms with Crippen molar-refractivity contribution in [3.63, 3.8) is 0 Å². The van der Waals surface area contributed by atoms with E-state index in [4.69, 9.17) is 9.47 Å². The molecule has 1 aromatic heterocycles. The lowest BCUT2D eigenvalue weighted by atomic mass is 10.2. The van der Waals surface area contributed by atoms with Crippen LogP contribution in [0.5, 0.6) is 11.5 Å². The standard InChI is InChI=1S/C16H21N3O3/c1-5-11(2)19-15(6-7-17-19)18-16(20)12-8-13(21-3)10-14(9-12)22-4/h6-11H,5H2,1-4H3,(H,18,20). The van der Waals surface area contributed by atoms with Gasteiger partial charge in [-0.15, -0.1) is 0 Å². The minimum absolute atomic E-state index is 0.213. The molecule has 0 saturated heterocycles. The van der Waals surface area contributed by atoms with Gasteiger partial charge >= 0.3 is 0 Å². The number of aromatic nitrogens is 2. The fraction of sp³-hybridized carbons (Fsp3) is 0.375. The van der Waals surface area contributed by atoms with Gasteiger partial charge in [0.25, 0.3) is 5.91 Å². The summed E-state index contributed by atoms with van der Waals surface area (Å²) in [6, 6.07) is 7.05. The maximum absolute atomic E-state index is 12.4. The predicted octanol–water partition coefficient (Wildman–Crippen LogP) is 3.12. The maximum atomic E-state index is 12.4. The molecule has 0 aliphatic rings. The second kappa shape index (κ2) is 6.98. The lowest BCUT2D eigenvalue weighted by Crippen LogP contribution is -2.17. The molecular formula is C16H21N3O3. The smallest absolute Gasteiger partial charge is 0.257 e. The Bertz CT molecular complexity index is 630. The van der Waals surface area contributed by atoms with E-state index in [1.807, 2.05) is 0 Å². The van der Waals surface area contributed by atoms with Crippen molar-refractivity contribution in [3.8, 4) is 11.5 Å². The zero-order valence-electron chi connectivity index (χ0n) is 13.3. The highest BCUT2D eigenvalue weighted by Crippen LogP contribution is 2.24. The molecule has 2 rings (SSSR count). The van der Waals surface area contributed by atoms with Gasteiger partial charge in [-0.05, 0) is 25.5 Å². The van der Waals surface area contributed by atoms with Gasteiger partial charge in [0, 0.05) is 17.7 Å². The molecule has 118 valence electrons. The van der Waals surface area contributed by atoms with E-state index in [0.717, 1.165) is 6.42 Å². The van der Waals surface area contributed by atoms with Gasteiger partial charge in [-0.1, -0.05) is 6.92 Å². The van der Waals surface area contributed by atoms with Crippen molar-refractivity contribution in [2.45, 2.75) is 26.3 Å². The highest BCUT2D eigenvalue weighted by atomic mass is 16.5. The fourth-order valence-corrected chi connectivity index (χ4v) is 2.06. The van der Waals surface area contributed by atoms with E-state index in [-0.39, 0.29) is 11.9 Å². The summed E-state index contributed by atoms with van der Waals surface area (Å²) < 4.78 is 12.2. The number of amides is 1. The Hall–Kier alpha value is -2.50. The second-order valence-corrected chi connectivity index (χ2v) is 4.97. The molecule has 6 heteroatoms. The lowest BCUT2D eigenvalue weighted by molar-refractivity contribution is 0.102. The highest BCUT2D eigenvalue weighted by molar-refractivity contribution is 6.04. The van der Waals surface area contributed by atoms with Gasteiger partial charge in [0.1, 0.15) is 17.3 Å². The molecule has 6 nitrogen and oxygen atoms in total. The zero-order chi connectivity index (χ0) is 16.1. The molecule has 0 radical (unpaired) electrons. The largest absolute Gasteiger partial charge is 0.497 e. The molecule has 1 atom stereocenters. The molecule has 0 bridgehead atoms. The van der Waals surface area contributed by atoms with Gasteiger partial charge in [0.2, 0.25) is 0 Å². The zero-order valence-corrected chi connectivity index (χ0v) is 13.3. The summed E-state index contributed by atoms with van der Waals surface area (Å²) in [4.78, 5) is 12.4. The van der Waals surface area contributed by atoms with Crippen molar-refractivity contribution in [2.24, 2.45) is 0 Å². The normalized spacial score (nSPS) is 11.8. The number of rotatable bonds is 6. The van der Waals surface area contributed by atoms with Crippen molar-refractivity contribution in [2.75, 3.05) is 19.5 Å². The molecule has 1 unspecified atom stereocenters. The fourth-order valence-electron chi connectivity index (χ4n) is 2.06. The first kappa shape index (κ1) is 15.9. The average Bonchev–Trinajstić information content (AvgIpc) is 3.01. The van der Waals surface area contributed by atoms with E-state index < -0.39 is 0 Å². The van der Waals surface area contributed by atoms with E-state index >= 15 is 0 Å². The van der Waals surface area contributed by atoms with Crippen molar-refractivity contribution >= 4 is 11.7 Å². The van der Waals surface area contributed by atoms with Crippen LogP contribution in [0.3, 0.4) is 0 Å². The summed E-state index contributed by atoms with van der Waals surface area (Å²) >= 11 is 0. The summed E-state index contributed by atoms with van der Waals surface area (Å²) in [5.41, 5.74) is 0.466. The first-order chi connectivity index (χ1) is 10.6. The van der Waals surface area contributed by atoms with Crippen LogP contribution < -0.4 is 14.8 Å². The number of carbonyl (C=O) groups is 1. The number of hydrogen-bond donors (Lipinski definition) is 1. The third-order valence-electron chi connectivity index (χ3n) is 3.53. The van der Waals surface area contributed by atoms with Crippen LogP contribution in [0, 0.1) is 0 Å². The number of carbonyl (C=O) groups excluding carboxylic acids is 1. The number of benzene rings is 1. The molecule has 0 fully saturated rings. The SMILES string of the molecule is CCC(C)n1nccc1NC(=O)c1cc(OC)cc(OC)c1. The van der Waals surface area contributed by atoms with Gasteiger partial charge in [-0.25, -0.2) is 4.68 Å². The Morgan fingerprint density at radius 1 is 1.27 bits per heavy atom. The molecule has 0 aliphatic carbocycles. The van der Waals surface area contributed by atoms with Crippen molar-refractivity contribution in [1.29, 1.82) is 0 Å². The Balaban J connectivity index is 2.24. The number of ether oxygens (including phenoxy) is 2. The minimum Gasteiger partial charge on any atom is -0.497 e. The molecule has 1 amide bonds. The quantitative estimate of drug-likeness (QED) is 0.890. The third-order valence-corrected chi connectivity index (χ3v) is 3.53. The van der Waals surface area contributed by atoms with Crippen LogP contribution in [0.2, 0.25) is 0 Å². The first-order valence-electron chi connectivity index (χ1n) is 7.17. The van der Waals surface area contributed by atoms with Gasteiger partial charge in [0.15, 0.2) is 0 Å². The molecule has 1 N–H and O–H groups in total. The summed E-state index contributed by atoms with van der Waals surface area (Å²) in [7, 11) is 3.10. The van der Waals surface area contributed by atoms with Crippen LogP contribution in [-0.4, -0.2) is 29.9 Å². The molecule has 2 aromatic rings. The van der Waals surface area contributed by atoms with Crippen LogP contribution in [0.4, 0.5) is 5.82 Å². The molecule has 1 aromatic carbocycles. The summed E-state index contributed by atoms with van der Waals surface area (Å²) in [6.45, 7) is 4.13. The monoisotopic (exact) mass is 303 g/mol. The average molecular weight is 303 g/mol. The Morgan fingerprint density at radius 2 is 1.91 bits per heavy atom. The van der Waals surface area contributed by atoms with E-state index in [0.29, 0.717) is 22.9 Å². The van der Waals surface area contributed by atoms with E-state index in [1.165, 1.54) is 0 Å². The minimum atomic E-state index is -0.234. The third kappa shape index (κ3) is 3.39. The number of anilines is 1. The molecule has 0 saturated carbocycles. The topological polar surface area (TPSA) is 65.4 Å². The van der Waals surface area contributed by atoms with Crippen molar-refractivity contribution < 1.29 is 14.3 Å². The molecule has 0 aliphatic heterocycles. The van der Waals surface area contributed by atoms with Crippen LogP contribution in [-0.2, 0) is 0 Å². The van der Waals surface area contributed by atoms with Crippen LogP contribution in [0.25, 0.3) is 0 Å². The Morgan fingerprint density at radius 3 is 2.45 bits per heavy atom. The molecular weight excluding hydrogens is 282 g/mol. The number of methoxy groups -OCH3 is 2. The van der Waals surface area contributed by atoms with E-state index in [1.54, 1.807) is 49.4 Å². The molecule has 1 heterocycles.